The summed E-state index contributed by atoms with van der Waals surface area (Å²) in [6, 6.07) is 0. The van der Waals surface area contributed by atoms with E-state index in [0.717, 1.165) is 11.8 Å². The van der Waals surface area contributed by atoms with E-state index in [1.165, 1.54) is 56.7 Å². The van der Waals surface area contributed by atoms with Gasteiger partial charge in [0.15, 0.2) is 0 Å². The van der Waals surface area contributed by atoms with Crippen molar-refractivity contribution in [3.8, 4) is 0 Å². The van der Waals surface area contributed by atoms with Gasteiger partial charge in [-0.2, -0.15) is 11.8 Å². The van der Waals surface area contributed by atoms with E-state index in [2.05, 4.69) is 44.8 Å². The van der Waals surface area contributed by atoms with E-state index >= 15 is 0 Å². The van der Waals surface area contributed by atoms with E-state index in [1.807, 2.05) is 0 Å². The summed E-state index contributed by atoms with van der Waals surface area (Å²) in [5.41, 5.74) is 0.586. The molecule has 1 aliphatic carbocycles. The maximum Gasteiger partial charge on any atom is -0.00179 e. The van der Waals surface area contributed by atoms with Crippen LogP contribution in [0.2, 0.25) is 0 Å². The van der Waals surface area contributed by atoms with Crippen molar-refractivity contribution in [2.45, 2.75) is 59.8 Å². The smallest absolute Gasteiger partial charge is 0.00179 e. The minimum atomic E-state index is 0.586. The van der Waals surface area contributed by atoms with Crippen LogP contribution in [0, 0.1) is 17.3 Å². The molecular weight excluding hydrogens is 238 g/mol. The molecule has 0 amide bonds. The van der Waals surface area contributed by atoms with E-state index in [4.69, 9.17) is 0 Å². The highest BCUT2D eigenvalue weighted by molar-refractivity contribution is 7.99. The Morgan fingerprint density at radius 2 is 2.00 bits per heavy atom. The summed E-state index contributed by atoms with van der Waals surface area (Å²) >= 11 is 2.11. The van der Waals surface area contributed by atoms with Crippen molar-refractivity contribution in [2.24, 2.45) is 17.3 Å². The van der Waals surface area contributed by atoms with Crippen LogP contribution in [0.1, 0.15) is 59.8 Å². The zero-order valence-electron chi connectivity index (χ0n) is 12.9. The Kier molecular flexibility index (Phi) is 7.70. The highest BCUT2D eigenvalue weighted by Gasteiger charge is 2.33. The number of hydrogen-bond acceptors (Lipinski definition) is 2. The van der Waals surface area contributed by atoms with E-state index in [-0.39, 0.29) is 0 Å². The van der Waals surface area contributed by atoms with Gasteiger partial charge < -0.3 is 5.32 Å². The third kappa shape index (κ3) is 5.97. The van der Waals surface area contributed by atoms with Crippen molar-refractivity contribution in [1.82, 2.24) is 5.32 Å². The molecule has 0 bridgehead atoms. The van der Waals surface area contributed by atoms with Crippen molar-refractivity contribution in [2.75, 3.05) is 24.6 Å². The number of rotatable bonds is 8. The Labute approximate surface area is 119 Å². The highest BCUT2D eigenvalue weighted by Crippen LogP contribution is 2.43. The molecule has 0 saturated heterocycles. The summed E-state index contributed by atoms with van der Waals surface area (Å²) in [4.78, 5) is 0. The minimum Gasteiger partial charge on any atom is -0.316 e. The topological polar surface area (TPSA) is 12.0 Å². The van der Waals surface area contributed by atoms with Crippen molar-refractivity contribution < 1.29 is 0 Å². The van der Waals surface area contributed by atoms with Crippen LogP contribution in [0.15, 0.2) is 0 Å². The van der Waals surface area contributed by atoms with Crippen LogP contribution in [-0.4, -0.2) is 24.6 Å². The zero-order chi connectivity index (χ0) is 13.4. The standard InChI is InChI=1S/C16H33NS/c1-5-10-17-13-15-7-9-16(3,4)12-14(15)8-11-18-6-2/h14-15,17H,5-13H2,1-4H3. The predicted octanol–water partition coefficient (Wildman–Crippen LogP) is 4.57. The quantitative estimate of drug-likeness (QED) is 0.649. The fraction of sp³-hybridized carbons (Fsp3) is 1.00. The van der Waals surface area contributed by atoms with Crippen molar-refractivity contribution in [1.29, 1.82) is 0 Å². The number of thioether (sulfide) groups is 1. The van der Waals surface area contributed by atoms with Gasteiger partial charge in [0.25, 0.3) is 0 Å². The van der Waals surface area contributed by atoms with E-state index < -0.39 is 0 Å². The predicted molar refractivity (Wildman–Crippen MR) is 85.4 cm³/mol. The molecule has 0 aromatic carbocycles. The summed E-state index contributed by atoms with van der Waals surface area (Å²) in [5.74, 6) is 4.52. The van der Waals surface area contributed by atoms with Crippen molar-refractivity contribution in [3.05, 3.63) is 0 Å². The third-order valence-electron chi connectivity index (χ3n) is 4.34. The van der Waals surface area contributed by atoms with Crippen LogP contribution in [-0.2, 0) is 0 Å². The Bertz CT molecular complexity index is 215. The fourth-order valence-electron chi connectivity index (χ4n) is 3.24. The first-order chi connectivity index (χ1) is 8.59. The van der Waals surface area contributed by atoms with Crippen molar-refractivity contribution in [3.63, 3.8) is 0 Å². The van der Waals surface area contributed by atoms with Crippen LogP contribution in [0.4, 0.5) is 0 Å². The molecular formula is C16H33NS. The molecule has 1 nitrogen and oxygen atoms in total. The molecule has 1 N–H and O–H groups in total. The molecule has 0 aromatic heterocycles. The van der Waals surface area contributed by atoms with Crippen LogP contribution in [0.25, 0.3) is 0 Å². The highest BCUT2D eigenvalue weighted by atomic mass is 32.2. The van der Waals surface area contributed by atoms with Gasteiger partial charge in [-0.25, -0.2) is 0 Å². The lowest BCUT2D eigenvalue weighted by Crippen LogP contribution is -2.36. The molecule has 1 fully saturated rings. The third-order valence-corrected chi connectivity index (χ3v) is 5.28. The average molecular weight is 272 g/mol. The molecule has 1 rings (SSSR count). The SMILES string of the molecule is CCCNCC1CCC(C)(C)CC1CCSCC. The molecule has 0 spiro atoms. The Morgan fingerprint density at radius 1 is 1.22 bits per heavy atom. The zero-order valence-corrected chi connectivity index (χ0v) is 13.7. The molecule has 0 aliphatic heterocycles. The van der Waals surface area contributed by atoms with Crippen LogP contribution >= 0.6 is 11.8 Å². The lowest BCUT2D eigenvalue weighted by Gasteiger charge is -2.41. The van der Waals surface area contributed by atoms with Gasteiger partial charge >= 0.3 is 0 Å². The molecule has 0 heterocycles. The molecule has 2 atom stereocenters. The van der Waals surface area contributed by atoms with Gasteiger partial charge in [-0.05, 0) is 74.0 Å². The van der Waals surface area contributed by atoms with Gasteiger partial charge in [-0.1, -0.05) is 27.7 Å². The summed E-state index contributed by atoms with van der Waals surface area (Å²) in [6.45, 7) is 11.9. The van der Waals surface area contributed by atoms with Gasteiger partial charge in [0.2, 0.25) is 0 Å². The Hall–Kier alpha value is 0.310. The van der Waals surface area contributed by atoms with Gasteiger partial charge in [-0.15, -0.1) is 0 Å². The minimum absolute atomic E-state index is 0.586. The van der Waals surface area contributed by atoms with Gasteiger partial charge in [0.05, 0.1) is 0 Å². The first-order valence-electron chi connectivity index (χ1n) is 7.87. The van der Waals surface area contributed by atoms with E-state index in [0.29, 0.717) is 5.41 Å². The summed E-state index contributed by atoms with van der Waals surface area (Å²) in [6.07, 6.45) is 6.98. The Balaban J connectivity index is 2.40. The van der Waals surface area contributed by atoms with Crippen molar-refractivity contribution >= 4 is 11.8 Å². The lowest BCUT2D eigenvalue weighted by atomic mass is 9.66. The molecule has 1 saturated carbocycles. The van der Waals surface area contributed by atoms with Gasteiger partial charge in [0.1, 0.15) is 0 Å². The van der Waals surface area contributed by atoms with Crippen LogP contribution < -0.4 is 5.32 Å². The molecule has 108 valence electrons. The second-order valence-electron chi connectivity index (χ2n) is 6.62. The molecule has 1 aliphatic rings. The summed E-state index contributed by atoms with van der Waals surface area (Å²) in [7, 11) is 0. The maximum absolute atomic E-state index is 3.65. The monoisotopic (exact) mass is 271 g/mol. The average Bonchev–Trinajstić information content (AvgIpc) is 2.32. The number of hydrogen-bond donors (Lipinski definition) is 1. The van der Waals surface area contributed by atoms with Gasteiger partial charge in [-0.3, -0.25) is 0 Å². The summed E-state index contributed by atoms with van der Waals surface area (Å²) in [5, 5.41) is 3.65. The first kappa shape index (κ1) is 16.4. The largest absolute Gasteiger partial charge is 0.316 e. The fourth-order valence-corrected chi connectivity index (χ4v) is 4.00. The molecule has 2 heteroatoms. The summed E-state index contributed by atoms with van der Waals surface area (Å²) < 4.78 is 0. The first-order valence-corrected chi connectivity index (χ1v) is 9.03. The molecule has 0 radical (unpaired) electrons. The molecule has 0 aromatic rings. The van der Waals surface area contributed by atoms with Gasteiger partial charge in [0, 0.05) is 0 Å². The second-order valence-corrected chi connectivity index (χ2v) is 8.01. The maximum atomic E-state index is 3.65. The normalized spacial score (nSPS) is 27.3. The lowest BCUT2D eigenvalue weighted by molar-refractivity contribution is 0.114. The molecule has 2 unspecified atom stereocenters. The molecule has 18 heavy (non-hydrogen) atoms. The van der Waals surface area contributed by atoms with E-state index in [1.54, 1.807) is 0 Å². The second kappa shape index (κ2) is 8.47. The van der Waals surface area contributed by atoms with E-state index in [9.17, 15) is 0 Å². The van der Waals surface area contributed by atoms with Crippen LogP contribution in [0.3, 0.4) is 0 Å². The van der Waals surface area contributed by atoms with Crippen LogP contribution in [0.5, 0.6) is 0 Å². The Morgan fingerprint density at radius 3 is 2.67 bits per heavy atom. The number of nitrogens with one attached hydrogen (secondary N) is 1.